The van der Waals surface area contributed by atoms with Crippen LogP contribution < -0.4 is 9.47 Å². The van der Waals surface area contributed by atoms with Gasteiger partial charge in [0, 0.05) is 69.0 Å². The molecule has 0 spiro atoms. The summed E-state index contributed by atoms with van der Waals surface area (Å²) in [5.41, 5.74) is 2.98. The number of phenolic OH excluding ortho intramolecular Hbond substituents is 1. The zero-order valence-electron chi connectivity index (χ0n) is 19.5. The third-order valence-corrected chi connectivity index (χ3v) is 6.69. The largest absolute Gasteiger partial charge is 0.507 e. The fourth-order valence-electron chi connectivity index (χ4n) is 4.77. The first kappa shape index (κ1) is 22.5. The molecule has 178 valence electrons. The van der Waals surface area contributed by atoms with Crippen LogP contribution in [-0.2, 0) is 13.6 Å². The van der Waals surface area contributed by atoms with Crippen LogP contribution in [-0.4, -0.2) is 76.8 Å². The molecule has 2 aliphatic heterocycles. The molecule has 3 heterocycles. The Kier molecular flexibility index (Phi) is 6.03. The average molecular weight is 464 g/mol. The van der Waals surface area contributed by atoms with E-state index in [-0.39, 0.29) is 23.9 Å². The molecule has 2 N–H and O–H groups in total. The van der Waals surface area contributed by atoms with Gasteiger partial charge in [-0.2, -0.15) is 0 Å². The second kappa shape index (κ2) is 9.13. The molecule has 2 aliphatic rings. The lowest BCUT2D eigenvalue weighted by Gasteiger charge is -2.34. The number of Topliss-reactive ketones (excluding diaryl/α,β-unsaturated/α-hetero) is 1. The Morgan fingerprint density at radius 1 is 1.12 bits per heavy atom. The Morgan fingerprint density at radius 2 is 1.88 bits per heavy atom. The fourth-order valence-corrected chi connectivity index (χ4v) is 4.77. The summed E-state index contributed by atoms with van der Waals surface area (Å²) in [5, 5.41) is 20.7. The van der Waals surface area contributed by atoms with Crippen molar-refractivity contribution in [2.24, 2.45) is 7.05 Å². The van der Waals surface area contributed by atoms with E-state index < -0.39 is 0 Å². The summed E-state index contributed by atoms with van der Waals surface area (Å²) in [4.78, 5) is 17.6. The smallest absolute Gasteiger partial charge is 0.231 e. The van der Waals surface area contributed by atoms with Gasteiger partial charge in [0.05, 0.1) is 24.8 Å². The van der Waals surface area contributed by atoms with Crippen molar-refractivity contribution < 1.29 is 24.5 Å². The number of carbonyl (C=O) groups excluding carboxylic acids is 1. The second-order valence-electron chi connectivity index (χ2n) is 8.80. The number of benzene rings is 2. The lowest BCUT2D eigenvalue weighted by atomic mass is 10.0. The molecule has 0 saturated carbocycles. The third-order valence-electron chi connectivity index (χ3n) is 6.69. The molecular weight excluding hydrogens is 434 g/mol. The number of aromatic nitrogens is 1. The number of piperazine rings is 1. The third kappa shape index (κ3) is 4.04. The number of β-amino-alcohol motifs (C(OH)–C–C–N with tert-alkyl or cyclic N) is 1. The Hall–Kier alpha value is -3.33. The summed E-state index contributed by atoms with van der Waals surface area (Å²) in [7, 11) is 3.59. The Labute approximate surface area is 198 Å². The van der Waals surface area contributed by atoms with Crippen LogP contribution in [0.1, 0.15) is 21.5 Å². The minimum absolute atomic E-state index is 0.125. The summed E-state index contributed by atoms with van der Waals surface area (Å²) in [5.74, 6) is 1.35. The quantitative estimate of drug-likeness (QED) is 0.544. The number of hydrogen-bond donors (Lipinski definition) is 2. The predicted octanol–water partition coefficient (Wildman–Crippen LogP) is 2.62. The number of aliphatic hydroxyl groups excluding tert-OH is 1. The van der Waals surface area contributed by atoms with E-state index >= 15 is 0 Å². The highest BCUT2D eigenvalue weighted by Gasteiger charge is 2.32. The fraction of sp³-hybridized carbons (Fsp3) is 0.346. The first-order valence-electron chi connectivity index (χ1n) is 11.5. The number of ether oxygens (including phenoxy) is 2. The van der Waals surface area contributed by atoms with E-state index in [1.807, 2.05) is 36.0 Å². The lowest BCUT2D eigenvalue weighted by Crippen LogP contribution is -2.46. The maximum absolute atomic E-state index is 13.2. The summed E-state index contributed by atoms with van der Waals surface area (Å²) < 4.78 is 13.5. The number of fused-ring (bicyclic) bond motifs is 2. The van der Waals surface area contributed by atoms with E-state index in [0.29, 0.717) is 30.0 Å². The van der Waals surface area contributed by atoms with Gasteiger partial charge in [-0.15, -0.1) is 0 Å². The lowest BCUT2D eigenvalue weighted by molar-refractivity contribution is 0.101. The molecule has 3 aromatic rings. The number of aryl methyl sites for hydroxylation is 1. The first-order chi connectivity index (χ1) is 16.5. The zero-order valence-corrected chi connectivity index (χ0v) is 19.5. The SMILES string of the molecule is COc1ccc2c(c1)c(/C=C1\Oc3c(ccc(O)c3CN3CCN(CCO)CC3)C1=O)cn2C. The van der Waals surface area contributed by atoms with Gasteiger partial charge in [0.2, 0.25) is 5.78 Å². The van der Waals surface area contributed by atoms with Crippen LogP contribution in [0.4, 0.5) is 0 Å². The number of phenols is 1. The van der Waals surface area contributed by atoms with Crippen molar-refractivity contribution in [3.8, 4) is 17.2 Å². The molecule has 34 heavy (non-hydrogen) atoms. The van der Waals surface area contributed by atoms with Crippen molar-refractivity contribution in [3.05, 3.63) is 59.0 Å². The Morgan fingerprint density at radius 3 is 2.62 bits per heavy atom. The number of rotatable bonds is 6. The van der Waals surface area contributed by atoms with Gasteiger partial charge in [0.1, 0.15) is 17.2 Å². The number of methoxy groups -OCH3 is 1. The van der Waals surface area contributed by atoms with Crippen LogP contribution in [0.2, 0.25) is 0 Å². The van der Waals surface area contributed by atoms with E-state index in [4.69, 9.17) is 14.6 Å². The summed E-state index contributed by atoms with van der Waals surface area (Å²) >= 11 is 0. The highest BCUT2D eigenvalue weighted by molar-refractivity contribution is 6.15. The number of aliphatic hydroxyl groups is 1. The van der Waals surface area contributed by atoms with E-state index in [2.05, 4.69) is 9.80 Å². The van der Waals surface area contributed by atoms with Crippen molar-refractivity contribution in [1.82, 2.24) is 14.4 Å². The molecule has 0 radical (unpaired) electrons. The van der Waals surface area contributed by atoms with E-state index in [0.717, 1.165) is 48.4 Å². The molecule has 8 nitrogen and oxygen atoms in total. The topological polar surface area (TPSA) is 87.4 Å². The number of nitrogens with zero attached hydrogens (tertiary/aromatic N) is 3. The van der Waals surface area contributed by atoms with Crippen LogP contribution in [0.5, 0.6) is 17.2 Å². The molecule has 0 amide bonds. The van der Waals surface area contributed by atoms with E-state index in [1.54, 1.807) is 25.3 Å². The van der Waals surface area contributed by atoms with Gasteiger partial charge in [-0.1, -0.05) is 0 Å². The Bertz CT molecular complexity index is 1270. The Balaban J connectivity index is 1.43. The van der Waals surface area contributed by atoms with Gasteiger partial charge in [-0.3, -0.25) is 14.6 Å². The zero-order chi connectivity index (χ0) is 23.8. The molecule has 1 fully saturated rings. The number of carbonyl (C=O) groups is 1. The van der Waals surface area contributed by atoms with Crippen molar-refractivity contribution in [2.75, 3.05) is 46.4 Å². The monoisotopic (exact) mass is 463 g/mol. The maximum atomic E-state index is 13.2. The van der Waals surface area contributed by atoms with Gasteiger partial charge < -0.3 is 24.3 Å². The average Bonchev–Trinajstić information content (AvgIpc) is 3.33. The van der Waals surface area contributed by atoms with Crippen molar-refractivity contribution in [2.45, 2.75) is 6.54 Å². The summed E-state index contributed by atoms with van der Waals surface area (Å²) in [6, 6.07) is 9.04. The molecule has 1 saturated heterocycles. The summed E-state index contributed by atoms with van der Waals surface area (Å²) in [6.07, 6.45) is 3.72. The molecular formula is C26H29N3O5. The normalized spacial score (nSPS) is 18.0. The number of ketones is 1. The van der Waals surface area contributed by atoms with Crippen molar-refractivity contribution in [3.63, 3.8) is 0 Å². The maximum Gasteiger partial charge on any atom is 0.231 e. The van der Waals surface area contributed by atoms with Crippen LogP contribution in [0.3, 0.4) is 0 Å². The standard InChI is InChI=1S/C26H29N3O5/c1-27-15-17(20-14-18(33-2)3-5-22(20)27)13-24-25(32)19-4-6-23(31)21(26(19)34-24)16-29-9-7-28(8-10-29)11-12-30/h3-6,13-15,30-31H,7-12,16H2,1-2H3/b24-13-. The van der Waals surface area contributed by atoms with Crippen molar-refractivity contribution in [1.29, 1.82) is 0 Å². The number of hydrogen-bond acceptors (Lipinski definition) is 7. The highest BCUT2D eigenvalue weighted by atomic mass is 16.5. The minimum Gasteiger partial charge on any atom is -0.507 e. The predicted molar refractivity (Wildman–Crippen MR) is 129 cm³/mol. The molecule has 0 unspecified atom stereocenters. The van der Waals surface area contributed by atoms with Gasteiger partial charge >= 0.3 is 0 Å². The van der Waals surface area contributed by atoms with E-state index in [1.165, 1.54) is 0 Å². The molecule has 0 aliphatic carbocycles. The first-order valence-corrected chi connectivity index (χ1v) is 11.5. The molecule has 1 aromatic heterocycles. The number of aromatic hydroxyl groups is 1. The van der Waals surface area contributed by atoms with Gasteiger partial charge in [-0.25, -0.2) is 0 Å². The minimum atomic E-state index is -0.191. The highest BCUT2D eigenvalue weighted by Crippen LogP contribution is 2.40. The van der Waals surface area contributed by atoms with Gasteiger partial charge in [0.15, 0.2) is 5.76 Å². The van der Waals surface area contributed by atoms with Crippen LogP contribution in [0.15, 0.2) is 42.3 Å². The molecule has 5 rings (SSSR count). The molecule has 2 aromatic carbocycles. The van der Waals surface area contributed by atoms with E-state index in [9.17, 15) is 9.90 Å². The van der Waals surface area contributed by atoms with Crippen LogP contribution in [0.25, 0.3) is 17.0 Å². The number of allylic oxidation sites excluding steroid dienone is 1. The van der Waals surface area contributed by atoms with Gasteiger partial charge in [-0.05, 0) is 36.4 Å². The van der Waals surface area contributed by atoms with Crippen molar-refractivity contribution >= 4 is 22.8 Å². The second-order valence-corrected chi connectivity index (χ2v) is 8.80. The summed E-state index contributed by atoms with van der Waals surface area (Å²) in [6.45, 7) is 4.66. The molecule has 0 atom stereocenters. The molecule has 0 bridgehead atoms. The molecule has 8 heteroatoms. The van der Waals surface area contributed by atoms with Crippen LogP contribution in [0, 0.1) is 0 Å². The van der Waals surface area contributed by atoms with Crippen LogP contribution >= 0.6 is 0 Å². The van der Waals surface area contributed by atoms with Gasteiger partial charge in [0.25, 0.3) is 0 Å².